The van der Waals surface area contributed by atoms with Gasteiger partial charge in [0.2, 0.25) is 0 Å². The number of benzene rings is 1. The van der Waals surface area contributed by atoms with Crippen molar-refractivity contribution < 1.29 is 14.3 Å². The minimum atomic E-state index is -0.497. The van der Waals surface area contributed by atoms with Crippen molar-refractivity contribution in [2.75, 3.05) is 6.54 Å². The summed E-state index contributed by atoms with van der Waals surface area (Å²) in [5.74, 6) is 1.50. The second-order valence-electron chi connectivity index (χ2n) is 7.85. The number of aromatic amines is 1. The minimum absolute atomic E-state index is 0.276. The first-order valence-corrected chi connectivity index (χ1v) is 10.3. The molecule has 0 unspecified atom stereocenters. The van der Waals surface area contributed by atoms with Gasteiger partial charge in [0.25, 0.3) is 0 Å². The summed E-state index contributed by atoms with van der Waals surface area (Å²) in [5, 5.41) is 0.969. The van der Waals surface area contributed by atoms with Crippen LogP contribution in [0.4, 0.5) is 4.79 Å². The number of ether oxygens (including phenoxy) is 2. The smallest absolute Gasteiger partial charge is 0.410 e. The van der Waals surface area contributed by atoms with E-state index in [0.717, 1.165) is 38.1 Å². The number of amides is 1. The quantitative estimate of drug-likeness (QED) is 0.498. The van der Waals surface area contributed by atoms with E-state index in [1.165, 1.54) is 5.56 Å². The SMILES string of the molecule is CC(C)(C)OC(=O)N1CCc2ccc(Oc3ccnc4[nH]cc(I)c34)cc2C1. The van der Waals surface area contributed by atoms with Crippen molar-refractivity contribution in [3.63, 3.8) is 0 Å². The number of pyridine rings is 1. The van der Waals surface area contributed by atoms with Gasteiger partial charge in [-0.25, -0.2) is 9.78 Å². The molecular formula is C21H22IN3O3. The first-order chi connectivity index (χ1) is 13.3. The largest absolute Gasteiger partial charge is 0.456 e. The normalized spacial score (nSPS) is 14.1. The molecule has 1 aliphatic heterocycles. The van der Waals surface area contributed by atoms with E-state index in [1.807, 2.05) is 45.2 Å². The van der Waals surface area contributed by atoms with E-state index in [1.54, 1.807) is 11.1 Å². The fourth-order valence-electron chi connectivity index (χ4n) is 3.28. The zero-order valence-corrected chi connectivity index (χ0v) is 18.2. The van der Waals surface area contributed by atoms with Gasteiger partial charge < -0.3 is 19.4 Å². The first kappa shape index (κ1) is 19.0. The topological polar surface area (TPSA) is 67.4 Å². The average molecular weight is 491 g/mol. The van der Waals surface area contributed by atoms with Gasteiger partial charge in [-0.3, -0.25) is 0 Å². The van der Waals surface area contributed by atoms with Crippen LogP contribution in [0.1, 0.15) is 31.9 Å². The van der Waals surface area contributed by atoms with E-state index in [9.17, 15) is 4.79 Å². The number of nitrogens with one attached hydrogen (secondary N) is 1. The maximum atomic E-state index is 12.4. The van der Waals surface area contributed by atoms with E-state index in [0.29, 0.717) is 13.1 Å². The summed E-state index contributed by atoms with van der Waals surface area (Å²) >= 11 is 2.27. The van der Waals surface area contributed by atoms with Crippen molar-refractivity contribution >= 4 is 39.7 Å². The molecule has 3 heterocycles. The lowest BCUT2D eigenvalue weighted by atomic mass is 10.00. The Balaban J connectivity index is 1.57. The molecular weight excluding hydrogens is 469 g/mol. The number of hydrogen-bond acceptors (Lipinski definition) is 4. The molecule has 0 radical (unpaired) electrons. The highest BCUT2D eigenvalue weighted by Crippen LogP contribution is 2.33. The van der Waals surface area contributed by atoms with Gasteiger partial charge in [0.05, 0.1) is 5.39 Å². The van der Waals surface area contributed by atoms with Gasteiger partial charge >= 0.3 is 6.09 Å². The molecule has 7 heteroatoms. The van der Waals surface area contributed by atoms with Crippen molar-refractivity contribution in [1.29, 1.82) is 0 Å². The van der Waals surface area contributed by atoms with Gasteiger partial charge in [0.15, 0.2) is 0 Å². The van der Waals surface area contributed by atoms with Crippen LogP contribution in [0.3, 0.4) is 0 Å². The summed E-state index contributed by atoms with van der Waals surface area (Å²) < 4.78 is 12.7. The number of hydrogen-bond donors (Lipinski definition) is 1. The van der Waals surface area contributed by atoms with Crippen LogP contribution in [0.25, 0.3) is 11.0 Å². The van der Waals surface area contributed by atoms with Crippen molar-refractivity contribution in [2.24, 2.45) is 0 Å². The molecule has 6 nitrogen and oxygen atoms in total. The van der Waals surface area contributed by atoms with Crippen LogP contribution in [-0.4, -0.2) is 33.1 Å². The Morgan fingerprint density at radius 1 is 1.25 bits per heavy atom. The van der Waals surface area contributed by atoms with Crippen molar-refractivity contribution in [3.05, 3.63) is 51.4 Å². The highest BCUT2D eigenvalue weighted by Gasteiger charge is 2.26. The lowest BCUT2D eigenvalue weighted by Crippen LogP contribution is -2.39. The van der Waals surface area contributed by atoms with Crippen molar-refractivity contribution in [2.45, 2.75) is 39.3 Å². The molecule has 4 rings (SSSR count). The van der Waals surface area contributed by atoms with Crippen LogP contribution >= 0.6 is 22.6 Å². The molecule has 0 saturated heterocycles. The lowest BCUT2D eigenvalue weighted by Gasteiger charge is -2.31. The molecule has 2 aromatic heterocycles. The lowest BCUT2D eigenvalue weighted by molar-refractivity contribution is 0.0224. The van der Waals surface area contributed by atoms with Gasteiger partial charge in [-0.05, 0) is 79.1 Å². The number of rotatable bonds is 2. The zero-order valence-electron chi connectivity index (χ0n) is 16.1. The standard InChI is InChI=1S/C21H22IN3O3/c1-21(2,3)28-20(26)25-9-7-13-4-5-15(10-14(13)12-25)27-17-6-8-23-19-18(17)16(22)11-24-19/h4-6,8,10-11H,7,9,12H2,1-3H3,(H,23,24). The fraction of sp³-hybridized carbons (Fsp3) is 0.333. The highest BCUT2D eigenvalue weighted by atomic mass is 127. The molecule has 3 aromatic rings. The number of halogens is 1. The number of fused-ring (bicyclic) bond motifs is 2. The second kappa shape index (κ2) is 7.27. The van der Waals surface area contributed by atoms with Gasteiger partial charge in [-0.2, -0.15) is 0 Å². The fourth-order valence-corrected chi connectivity index (χ4v) is 3.96. The third-order valence-electron chi connectivity index (χ3n) is 4.56. The van der Waals surface area contributed by atoms with Crippen LogP contribution in [-0.2, 0) is 17.7 Å². The second-order valence-corrected chi connectivity index (χ2v) is 9.02. The molecule has 0 fully saturated rings. The van der Waals surface area contributed by atoms with Crippen molar-refractivity contribution in [1.82, 2.24) is 14.9 Å². The molecule has 1 aromatic carbocycles. The maximum absolute atomic E-state index is 12.4. The summed E-state index contributed by atoms with van der Waals surface area (Å²) in [6.45, 7) is 6.83. The number of carbonyl (C=O) groups is 1. The van der Waals surface area contributed by atoms with E-state index in [4.69, 9.17) is 9.47 Å². The molecule has 0 spiro atoms. The van der Waals surface area contributed by atoms with Crippen LogP contribution in [0.5, 0.6) is 11.5 Å². The molecule has 1 N–H and O–H groups in total. The number of aromatic nitrogens is 2. The molecule has 0 bridgehead atoms. The van der Waals surface area contributed by atoms with Crippen LogP contribution in [0, 0.1) is 3.57 Å². The predicted molar refractivity (Wildman–Crippen MR) is 116 cm³/mol. The predicted octanol–water partition coefficient (Wildman–Crippen LogP) is 5.25. The minimum Gasteiger partial charge on any atom is -0.456 e. The molecule has 0 saturated carbocycles. The third kappa shape index (κ3) is 3.94. The Morgan fingerprint density at radius 2 is 2.07 bits per heavy atom. The Hall–Kier alpha value is -2.29. The molecule has 0 aliphatic carbocycles. The summed E-state index contributed by atoms with van der Waals surface area (Å²) in [4.78, 5) is 21.6. The first-order valence-electron chi connectivity index (χ1n) is 9.19. The number of carbonyl (C=O) groups excluding carboxylic acids is 1. The summed E-state index contributed by atoms with van der Waals surface area (Å²) in [6, 6.07) is 7.94. The van der Waals surface area contributed by atoms with E-state index in [2.05, 4.69) is 38.6 Å². The van der Waals surface area contributed by atoms with Crippen LogP contribution in [0.15, 0.2) is 36.7 Å². The Morgan fingerprint density at radius 3 is 2.86 bits per heavy atom. The molecule has 1 amide bonds. The molecule has 0 atom stereocenters. The number of H-pyrrole nitrogens is 1. The maximum Gasteiger partial charge on any atom is 0.410 e. The zero-order chi connectivity index (χ0) is 19.9. The highest BCUT2D eigenvalue weighted by molar-refractivity contribution is 14.1. The third-order valence-corrected chi connectivity index (χ3v) is 5.41. The van der Waals surface area contributed by atoms with E-state index >= 15 is 0 Å². The van der Waals surface area contributed by atoms with E-state index in [-0.39, 0.29) is 6.09 Å². The van der Waals surface area contributed by atoms with Gasteiger partial charge in [-0.1, -0.05) is 6.07 Å². The average Bonchev–Trinajstić information content (AvgIpc) is 3.02. The van der Waals surface area contributed by atoms with E-state index < -0.39 is 5.60 Å². The molecule has 28 heavy (non-hydrogen) atoms. The Bertz CT molecular complexity index is 1040. The Labute approximate surface area is 177 Å². The summed E-state index contributed by atoms with van der Waals surface area (Å²) in [7, 11) is 0. The summed E-state index contributed by atoms with van der Waals surface area (Å²) in [5.41, 5.74) is 2.63. The number of nitrogens with zero attached hydrogens (tertiary/aromatic N) is 2. The van der Waals surface area contributed by atoms with Gasteiger partial charge in [0, 0.05) is 29.1 Å². The molecule has 1 aliphatic rings. The van der Waals surface area contributed by atoms with Crippen LogP contribution < -0.4 is 4.74 Å². The van der Waals surface area contributed by atoms with Crippen molar-refractivity contribution in [3.8, 4) is 11.5 Å². The summed E-state index contributed by atoms with van der Waals surface area (Å²) in [6.07, 6.45) is 4.18. The van der Waals surface area contributed by atoms with Crippen LogP contribution in [0.2, 0.25) is 0 Å². The van der Waals surface area contributed by atoms with Gasteiger partial charge in [0.1, 0.15) is 22.7 Å². The molecule has 146 valence electrons. The Kier molecular flexibility index (Phi) is 4.95. The monoisotopic (exact) mass is 491 g/mol. The van der Waals surface area contributed by atoms with Gasteiger partial charge in [-0.15, -0.1) is 0 Å².